The smallest absolute Gasteiger partial charge is 0.307 e. The summed E-state index contributed by atoms with van der Waals surface area (Å²) in [7, 11) is 0. The molecule has 142 valence electrons. The number of alkyl halides is 1. The highest BCUT2D eigenvalue weighted by molar-refractivity contribution is 6.01. The van der Waals surface area contributed by atoms with Gasteiger partial charge in [-0.2, -0.15) is 0 Å². The predicted octanol–water partition coefficient (Wildman–Crippen LogP) is 3.30. The number of halogens is 1. The Kier molecular flexibility index (Phi) is 3.63. The van der Waals surface area contributed by atoms with E-state index in [1.165, 1.54) is 12.2 Å². The molecule has 0 saturated heterocycles. The van der Waals surface area contributed by atoms with Gasteiger partial charge in [-0.3, -0.25) is 9.59 Å². The van der Waals surface area contributed by atoms with Crippen LogP contribution in [0.2, 0.25) is 0 Å². The first-order valence-electron chi connectivity index (χ1n) is 9.59. The third-order valence-corrected chi connectivity index (χ3v) is 8.25. The first-order chi connectivity index (χ1) is 12.1. The Morgan fingerprint density at radius 3 is 2.65 bits per heavy atom. The van der Waals surface area contributed by atoms with Gasteiger partial charge in [-0.25, -0.2) is 4.39 Å². The molecule has 0 radical (unpaired) electrons. The molecular formula is C21H27FO4. The van der Waals surface area contributed by atoms with E-state index in [-0.39, 0.29) is 24.0 Å². The van der Waals surface area contributed by atoms with Crippen LogP contribution in [0.15, 0.2) is 23.8 Å². The van der Waals surface area contributed by atoms with Crippen LogP contribution in [0.3, 0.4) is 0 Å². The number of rotatable bonds is 1. The third-order valence-electron chi connectivity index (χ3n) is 8.25. The molecule has 8 atom stereocenters. The van der Waals surface area contributed by atoms with Crippen molar-refractivity contribution in [3.05, 3.63) is 23.8 Å². The van der Waals surface area contributed by atoms with Crippen LogP contribution in [-0.4, -0.2) is 33.7 Å². The normalized spacial score (nSPS) is 52.7. The highest BCUT2D eigenvalue weighted by Gasteiger charge is 2.71. The van der Waals surface area contributed by atoms with Gasteiger partial charge in [-0.15, -0.1) is 0 Å². The topological polar surface area (TPSA) is 74.6 Å². The summed E-state index contributed by atoms with van der Waals surface area (Å²) in [5.74, 6) is -2.04. The summed E-state index contributed by atoms with van der Waals surface area (Å²) in [5, 5.41) is 20.8. The van der Waals surface area contributed by atoms with E-state index in [9.17, 15) is 19.8 Å². The number of carbonyl (C=O) groups excluding carboxylic acids is 1. The molecule has 0 heterocycles. The van der Waals surface area contributed by atoms with E-state index in [4.69, 9.17) is 0 Å². The molecular weight excluding hydrogens is 335 g/mol. The number of carbonyl (C=O) groups is 2. The highest BCUT2D eigenvalue weighted by atomic mass is 19.1. The zero-order chi connectivity index (χ0) is 19.1. The molecule has 5 heteroatoms. The van der Waals surface area contributed by atoms with Crippen LogP contribution < -0.4 is 0 Å². The molecule has 2 N–H and O–H groups in total. The first-order valence-corrected chi connectivity index (χ1v) is 9.59. The van der Waals surface area contributed by atoms with E-state index >= 15 is 4.39 Å². The molecule has 0 aliphatic heterocycles. The van der Waals surface area contributed by atoms with Gasteiger partial charge in [-0.1, -0.05) is 25.5 Å². The van der Waals surface area contributed by atoms with E-state index < -0.39 is 40.4 Å². The molecule has 4 aliphatic carbocycles. The molecule has 0 amide bonds. The fraction of sp³-hybridized carbons (Fsp3) is 0.714. The number of carboxylic acids is 1. The lowest BCUT2D eigenvalue weighted by Gasteiger charge is -2.61. The van der Waals surface area contributed by atoms with Crippen LogP contribution in [-0.2, 0) is 9.59 Å². The van der Waals surface area contributed by atoms with Crippen molar-refractivity contribution in [2.75, 3.05) is 0 Å². The summed E-state index contributed by atoms with van der Waals surface area (Å²) < 4.78 is 16.7. The van der Waals surface area contributed by atoms with Gasteiger partial charge in [0.2, 0.25) is 0 Å². The van der Waals surface area contributed by atoms with Gasteiger partial charge in [-0.05, 0) is 62.0 Å². The van der Waals surface area contributed by atoms with Gasteiger partial charge in [0.1, 0.15) is 0 Å². The number of hydrogen-bond donors (Lipinski definition) is 2. The standard InChI is InChI=1S/C21H27FO4/c1-11-8-15-14-5-4-12-9-13(23)6-7-20(12,3)21(14,22)16(24)10-19(15,2)17(11)18(25)26/h6-7,9,11,14-17,24H,4-5,8,10H2,1-3H3,(H,25,26)/t11-,14?,15?,16+,17-,19+,20+,21+/m1/s1. The average Bonchev–Trinajstić information content (AvgIpc) is 2.80. The van der Waals surface area contributed by atoms with E-state index in [0.29, 0.717) is 19.3 Å². The molecule has 3 fully saturated rings. The van der Waals surface area contributed by atoms with Crippen molar-refractivity contribution in [3.8, 4) is 0 Å². The zero-order valence-electron chi connectivity index (χ0n) is 15.5. The molecule has 0 aromatic heterocycles. The minimum atomic E-state index is -1.87. The Balaban J connectivity index is 1.82. The molecule has 4 nitrogen and oxygen atoms in total. The maximum atomic E-state index is 16.7. The third kappa shape index (κ3) is 1.93. The van der Waals surface area contributed by atoms with Gasteiger partial charge in [0.05, 0.1) is 12.0 Å². The molecule has 0 aromatic carbocycles. The van der Waals surface area contributed by atoms with Crippen molar-refractivity contribution in [2.45, 2.75) is 58.2 Å². The largest absolute Gasteiger partial charge is 0.481 e. The minimum Gasteiger partial charge on any atom is -0.481 e. The van der Waals surface area contributed by atoms with E-state index in [1.807, 2.05) is 13.8 Å². The molecule has 0 bridgehead atoms. The fourth-order valence-electron chi connectivity index (χ4n) is 7.10. The van der Waals surface area contributed by atoms with Crippen LogP contribution >= 0.6 is 0 Å². The number of hydrogen-bond acceptors (Lipinski definition) is 3. The monoisotopic (exact) mass is 362 g/mol. The summed E-state index contributed by atoms with van der Waals surface area (Å²) in [6.07, 6.45) is 5.32. The fourth-order valence-corrected chi connectivity index (χ4v) is 7.10. The lowest BCUT2D eigenvalue weighted by Crippen LogP contribution is -2.66. The van der Waals surface area contributed by atoms with Crippen molar-refractivity contribution in [1.29, 1.82) is 0 Å². The zero-order valence-corrected chi connectivity index (χ0v) is 15.5. The minimum absolute atomic E-state index is 0.0368. The van der Waals surface area contributed by atoms with Crippen molar-refractivity contribution in [3.63, 3.8) is 0 Å². The second-order valence-corrected chi connectivity index (χ2v) is 9.38. The van der Waals surface area contributed by atoms with Gasteiger partial charge in [0, 0.05) is 11.3 Å². The van der Waals surface area contributed by atoms with Crippen molar-refractivity contribution < 1.29 is 24.2 Å². The van der Waals surface area contributed by atoms with E-state index in [0.717, 1.165) is 5.57 Å². The maximum Gasteiger partial charge on any atom is 0.307 e. The summed E-state index contributed by atoms with van der Waals surface area (Å²) >= 11 is 0. The average molecular weight is 362 g/mol. The van der Waals surface area contributed by atoms with Gasteiger partial charge >= 0.3 is 5.97 Å². The lowest BCUT2D eigenvalue weighted by atomic mass is 9.45. The van der Waals surface area contributed by atoms with Crippen LogP contribution in [0.25, 0.3) is 0 Å². The molecule has 2 unspecified atom stereocenters. The molecule has 0 spiro atoms. The van der Waals surface area contributed by atoms with Crippen LogP contribution in [0.1, 0.15) is 46.5 Å². The Labute approximate surface area is 153 Å². The number of aliphatic hydroxyl groups is 1. The summed E-state index contributed by atoms with van der Waals surface area (Å²) in [6, 6.07) is 0. The number of allylic oxidation sites excluding steroid dienone is 4. The number of ketones is 1. The maximum absolute atomic E-state index is 16.7. The first kappa shape index (κ1) is 17.9. The van der Waals surface area contributed by atoms with Crippen molar-refractivity contribution in [1.82, 2.24) is 0 Å². The van der Waals surface area contributed by atoms with Gasteiger partial charge in [0.25, 0.3) is 0 Å². The second-order valence-electron chi connectivity index (χ2n) is 9.38. The Morgan fingerprint density at radius 2 is 2.00 bits per heavy atom. The van der Waals surface area contributed by atoms with Gasteiger partial charge < -0.3 is 10.2 Å². The number of fused-ring (bicyclic) bond motifs is 5. The summed E-state index contributed by atoms with van der Waals surface area (Å²) in [6.45, 7) is 5.65. The molecule has 3 saturated carbocycles. The van der Waals surface area contributed by atoms with E-state index in [1.54, 1.807) is 13.0 Å². The summed E-state index contributed by atoms with van der Waals surface area (Å²) in [5.41, 5.74) is -2.72. The molecule has 4 aliphatic rings. The van der Waals surface area contributed by atoms with Crippen LogP contribution in [0.4, 0.5) is 4.39 Å². The molecule has 26 heavy (non-hydrogen) atoms. The predicted molar refractivity (Wildman–Crippen MR) is 94.0 cm³/mol. The number of aliphatic hydroxyl groups excluding tert-OH is 1. The lowest BCUT2D eigenvalue weighted by molar-refractivity contribution is -0.198. The SMILES string of the molecule is C[C@@H]1CC2C3CCC4=CC(=O)C=C[C@]4(C)[C@@]3(F)[C@@H](O)C[C@]2(C)[C@H]1C(=O)O. The Hall–Kier alpha value is -1.49. The number of aliphatic carboxylic acids is 1. The molecule has 0 aromatic rings. The van der Waals surface area contributed by atoms with Crippen molar-refractivity contribution >= 4 is 11.8 Å². The quantitative estimate of drug-likeness (QED) is 0.750. The van der Waals surface area contributed by atoms with Gasteiger partial charge in [0.15, 0.2) is 11.5 Å². The second kappa shape index (κ2) is 5.28. The van der Waals surface area contributed by atoms with Crippen LogP contribution in [0, 0.1) is 34.5 Å². The number of carboxylic acid groups (broad SMARTS) is 1. The molecule has 4 rings (SSSR count). The highest BCUT2D eigenvalue weighted by Crippen LogP contribution is 2.69. The van der Waals surface area contributed by atoms with Crippen molar-refractivity contribution in [2.24, 2.45) is 34.5 Å². The summed E-state index contributed by atoms with van der Waals surface area (Å²) in [4.78, 5) is 23.7. The Bertz CT molecular complexity index is 742. The van der Waals surface area contributed by atoms with E-state index in [2.05, 4.69) is 0 Å². The van der Waals surface area contributed by atoms with Crippen LogP contribution in [0.5, 0.6) is 0 Å². The Morgan fingerprint density at radius 1 is 1.31 bits per heavy atom.